The second-order valence-corrected chi connectivity index (χ2v) is 9.53. The predicted molar refractivity (Wildman–Crippen MR) is 127 cm³/mol. The molecule has 0 bridgehead atoms. The number of amides is 1. The Morgan fingerprint density at radius 1 is 1.19 bits per heavy atom. The zero-order valence-corrected chi connectivity index (χ0v) is 19.9. The van der Waals surface area contributed by atoms with Crippen LogP contribution >= 0.6 is 22.9 Å². The highest BCUT2D eigenvalue weighted by atomic mass is 35.5. The highest BCUT2D eigenvalue weighted by Crippen LogP contribution is 2.39. The van der Waals surface area contributed by atoms with Gasteiger partial charge in [0, 0.05) is 34.2 Å². The lowest BCUT2D eigenvalue weighted by molar-refractivity contribution is -0.121. The van der Waals surface area contributed by atoms with Gasteiger partial charge in [-0.1, -0.05) is 23.7 Å². The van der Waals surface area contributed by atoms with Crippen molar-refractivity contribution in [2.75, 3.05) is 13.2 Å². The van der Waals surface area contributed by atoms with Crippen molar-refractivity contribution in [2.45, 2.75) is 46.1 Å². The highest BCUT2D eigenvalue weighted by Gasteiger charge is 2.32. The molecule has 4 rings (SSSR count). The van der Waals surface area contributed by atoms with E-state index in [1.165, 1.54) is 4.88 Å². The number of aliphatic imine (C=N–C) groups is 1. The average Bonchev–Trinajstić information content (AvgIpc) is 3.24. The largest absolute Gasteiger partial charge is 0.396 e. The number of hydrogen-bond donors (Lipinski definition) is 2. The summed E-state index contributed by atoms with van der Waals surface area (Å²) in [6.45, 7) is 6.77. The molecule has 1 aliphatic heterocycles. The Kier molecular flexibility index (Phi) is 6.74. The van der Waals surface area contributed by atoms with Gasteiger partial charge in [-0.05, 0) is 51.3 Å². The number of carbonyl (C=O) groups excluding carboxylic acids is 1. The van der Waals surface area contributed by atoms with Crippen molar-refractivity contribution >= 4 is 34.6 Å². The molecule has 2 N–H and O–H groups in total. The number of aliphatic hydroxyl groups excluding tert-OH is 1. The number of nitrogens with zero attached hydrogens (tertiary/aromatic N) is 4. The minimum atomic E-state index is -0.473. The number of unbranched alkanes of at least 4 members (excludes halogenated alkanes) is 1. The summed E-state index contributed by atoms with van der Waals surface area (Å²) in [5.41, 5.74) is 3.99. The van der Waals surface area contributed by atoms with Crippen LogP contribution in [0.4, 0.5) is 0 Å². The monoisotopic (exact) mass is 471 g/mol. The van der Waals surface area contributed by atoms with Gasteiger partial charge in [0.1, 0.15) is 16.9 Å². The Hall–Kier alpha value is -2.55. The van der Waals surface area contributed by atoms with Crippen LogP contribution in [0.15, 0.2) is 29.3 Å². The molecule has 0 saturated heterocycles. The Bertz CT molecular complexity index is 1170. The fraction of sp³-hybridized carbons (Fsp3) is 0.391. The molecule has 1 amide bonds. The van der Waals surface area contributed by atoms with Gasteiger partial charge >= 0.3 is 0 Å². The second-order valence-electron chi connectivity index (χ2n) is 7.89. The van der Waals surface area contributed by atoms with Crippen molar-refractivity contribution in [1.82, 2.24) is 20.1 Å². The second kappa shape index (κ2) is 9.52. The van der Waals surface area contributed by atoms with Crippen molar-refractivity contribution in [1.29, 1.82) is 0 Å². The summed E-state index contributed by atoms with van der Waals surface area (Å²) < 4.78 is 2.04. The molecule has 0 spiro atoms. The first kappa shape index (κ1) is 22.6. The molecule has 3 heterocycles. The Morgan fingerprint density at radius 3 is 2.66 bits per heavy atom. The number of thiophene rings is 1. The van der Waals surface area contributed by atoms with Gasteiger partial charge in [-0.15, -0.1) is 21.5 Å². The molecule has 1 atom stereocenters. The van der Waals surface area contributed by atoms with Gasteiger partial charge in [-0.2, -0.15) is 0 Å². The van der Waals surface area contributed by atoms with Crippen molar-refractivity contribution in [3.05, 3.63) is 62.5 Å². The summed E-state index contributed by atoms with van der Waals surface area (Å²) >= 11 is 7.82. The maximum Gasteiger partial charge on any atom is 0.222 e. The van der Waals surface area contributed by atoms with E-state index in [4.69, 9.17) is 21.7 Å². The standard InChI is InChI=1S/C23H26ClN5O2S/c1-13-14(2)32-23-20(13)21(16-6-8-17(24)9-7-16)26-18(22-28-27-15(3)29(22)23)12-19(31)25-10-4-5-11-30/h6-9,18,30H,4-5,10-12H2,1-3H3,(H,25,31). The molecule has 0 saturated carbocycles. The lowest BCUT2D eigenvalue weighted by atomic mass is 9.99. The number of hydrogen-bond acceptors (Lipinski definition) is 6. The SMILES string of the molecule is Cc1sc2c(c1C)C(c1ccc(Cl)cc1)=NC(CC(=O)NCCCCO)c1nnc(C)n1-2. The van der Waals surface area contributed by atoms with E-state index < -0.39 is 6.04 Å². The smallest absolute Gasteiger partial charge is 0.222 e. The number of benzene rings is 1. The first-order chi connectivity index (χ1) is 15.4. The topological polar surface area (TPSA) is 92.4 Å². The molecular weight excluding hydrogens is 446 g/mol. The van der Waals surface area contributed by atoms with Gasteiger partial charge in [0.05, 0.1) is 12.1 Å². The minimum Gasteiger partial charge on any atom is -0.396 e. The first-order valence-corrected chi connectivity index (χ1v) is 11.8. The predicted octanol–water partition coefficient (Wildman–Crippen LogP) is 4.08. The van der Waals surface area contributed by atoms with Gasteiger partial charge in [-0.3, -0.25) is 14.4 Å². The maximum absolute atomic E-state index is 12.7. The number of aryl methyl sites for hydroxylation is 2. The highest BCUT2D eigenvalue weighted by molar-refractivity contribution is 7.15. The van der Waals surface area contributed by atoms with Gasteiger partial charge in [0.2, 0.25) is 5.91 Å². The molecule has 32 heavy (non-hydrogen) atoms. The molecular formula is C23H26ClN5O2S. The van der Waals surface area contributed by atoms with Crippen LogP contribution in [0.25, 0.3) is 5.00 Å². The van der Waals surface area contributed by atoms with E-state index >= 15 is 0 Å². The average molecular weight is 472 g/mol. The van der Waals surface area contributed by atoms with Crippen molar-refractivity contribution in [2.24, 2.45) is 4.99 Å². The van der Waals surface area contributed by atoms with Crippen LogP contribution in [0.5, 0.6) is 0 Å². The van der Waals surface area contributed by atoms with E-state index in [1.54, 1.807) is 11.3 Å². The van der Waals surface area contributed by atoms with Crippen LogP contribution in [0.1, 0.15) is 58.5 Å². The van der Waals surface area contributed by atoms with E-state index in [1.807, 2.05) is 35.8 Å². The maximum atomic E-state index is 12.7. The summed E-state index contributed by atoms with van der Waals surface area (Å²) in [5.74, 6) is 1.33. The van der Waals surface area contributed by atoms with Crippen LogP contribution in [0.3, 0.4) is 0 Å². The summed E-state index contributed by atoms with van der Waals surface area (Å²) in [6, 6.07) is 7.16. The van der Waals surface area contributed by atoms with Crippen molar-refractivity contribution in [3.63, 3.8) is 0 Å². The molecule has 1 aromatic carbocycles. The molecule has 0 fully saturated rings. The number of rotatable bonds is 7. The molecule has 7 nitrogen and oxygen atoms in total. The van der Waals surface area contributed by atoms with Crippen LogP contribution in [0, 0.1) is 20.8 Å². The Labute approximate surface area is 196 Å². The zero-order chi connectivity index (χ0) is 22.8. The van der Waals surface area contributed by atoms with Crippen molar-refractivity contribution < 1.29 is 9.90 Å². The summed E-state index contributed by atoms with van der Waals surface area (Å²) in [7, 11) is 0. The normalized spacial score (nSPS) is 15.0. The first-order valence-electron chi connectivity index (χ1n) is 10.6. The van der Waals surface area contributed by atoms with Crippen LogP contribution in [0.2, 0.25) is 5.02 Å². The third kappa shape index (κ3) is 4.35. The molecule has 168 valence electrons. The third-order valence-electron chi connectivity index (χ3n) is 5.64. The molecule has 1 unspecified atom stereocenters. The fourth-order valence-electron chi connectivity index (χ4n) is 3.84. The number of fused-ring (bicyclic) bond motifs is 3. The summed E-state index contributed by atoms with van der Waals surface area (Å²) in [5, 5.41) is 22.3. The third-order valence-corrected chi connectivity index (χ3v) is 7.09. The molecule has 1 aliphatic rings. The number of aromatic nitrogens is 3. The summed E-state index contributed by atoms with van der Waals surface area (Å²) in [4.78, 5) is 19.0. The quantitative estimate of drug-likeness (QED) is 0.508. The van der Waals surface area contributed by atoms with E-state index in [0.717, 1.165) is 39.6 Å². The van der Waals surface area contributed by atoms with Gasteiger partial charge < -0.3 is 10.4 Å². The number of carbonyl (C=O) groups is 1. The van der Waals surface area contributed by atoms with Crippen LogP contribution in [-0.4, -0.2) is 44.6 Å². The molecule has 2 aromatic heterocycles. The molecule has 0 radical (unpaired) electrons. The Morgan fingerprint density at radius 2 is 1.94 bits per heavy atom. The van der Waals surface area contributed by atoms with Gasteiger partial charge in [0.25, 0.3) is 0 Å². The lowest BCUT2D eigenvalue weighted by Gasteiger charge is -2.13. The van der Waals surface area contributed by atoms with E-state index in [2.05, 4.69) is 29.4 Å². The molecule has 0 aliphatic carbocycles. The van der Waals surface area contributed by atoms with Crippen molar-refractivity contribution in [3.8, 4) is 5.00 Å². The fourth-order valence-corrected chi connectivity index (χ4v) is 5.18. The zero-order valence-electron chi connectivity index (χ0n) is 18.4. The van der Waals surface area contributed by atoms with Crippen LogP contribution in [-0.2, 0) is 4.79 Å². The van der Waals surface area contributed by atoms with Gasteiger partial charge in [-0.25, -0.2) is 0 Å². The molecule has 9 heteroatoms. The Balaban J connectivity index is 1.79. The lowest BCUT2D eigenvalue weighted by Crippen LogP contribution is -2.26. The number of halogens is 1. The van der Waals surface area contributed by atoms with Gasteiger partial charge in [0.15, 0.2) is 5.82 Å². The van der Waals surface area contributed by atoms with E-state index in [9.17, 15) is 4.79 Å². The minimum absolute atomic E-state index is 0.0995. The van der Waals surface area contributed by atoms with Crippen LogP contribution < -0.4 is 5.32 Å². The van der Waals surface area contributed by atoms with E-state index in [-0.39, 0.29) is 18.9 Å². The molecule has 3 aromatic rings. The number of aliphatic hydroxyl groups is 1. The van der Waals surface area contributed by atoms with E-state index in [0.29, 0.717) is 23.8 Å². The number of nitrogens with one attached hydrogen (secondary N) is 1. The summed E-state index contributed by atoms with van der Waals surface area (Å²) in [6.07, 6.45) is 1.56.